The first kappa shape index (κ1) is 20.9. The quantitative estimate of drug-likeness (QED) is 0.588. The van der Waals surface area contributed by atoms with Crippen molar-refractivity contribution in [3.63, 3.8) is 0 Å². The number of aromatic nitrogens is 2. The van der Waals surface area contributed by atoms with Gasteiger partial charge in [-0.25, -0.2) is 4.68 Å². The number of amides is 1. The number of carbonyl (C=O) groups is 1. The molecule has 2 atom stereocenters. The summed E-state index contributed by atoms with van der Waals surface area (Å²) in [6.45, 7) is 3.39. The van der Waals surface area contributed by atoms with Crippen LogP contribution in [0, 0.1) is 5.92 Å². The maximum absolute atomic E-state index is 13.5. The van der Waals surface area contributed by atoms with Crippen LogP contribution in [-0.4, -0.2) is 40.8 Å². The van der Waals surface area contributed by atoms with Crippen LogP contribution in [0.15, 0.2) is 58.7 Å². The Labute approximate surface area is 191 Å². The molecule has 2 fully saturated rings. The molecule has 1 aliphatic carbocycles. The van der Waals surface area contributed by atoms with Crippen LogP contribution in [-0.2, 0) is 10.2 Å². The number of benzene rings is 1. The molecule has 166 valence electrons. The van der Waals surface area contributed by atoms with Gasteiger partial charge in [0.05, 0.1) is 23.4 Å². The third-order valence-electron chi connectivity index (χ3n) is 6.86. The second-order valence-corrected chi connectivity index (χ2v) is 9.82. The standard InChI is InChI=1S/C25H27N3O3S/c1-17-16-27(24(30)25(12-13-25)18-5-7-19(31-2)8-6-18)14-11-21(17)28-23(29)10-9-20(26-28)22-4-3-15-32-22/h3-10,15,17,21H,11-14,16H2,1-2H3/t17-,21+/m1/s1. The molecule has 1 amide bonds. The summed E-state index contributed by atoms with van der Waals surface area (Å²) in [5, 5.41) is 6.69. The van der Waals surface area contributed by atoms with Crippen molar-refractivity contribution < 1.29 is 9.53 Å². The number of rotatable bonds is 5. The number of thiophene rings is 1. The normalized spacial score (nSPS) is 21.9. The first-order valence-corrected chi connectivity index (χ1v) is 12.0. The minimum Gasteiger partial charge on any atom is -0.497 e. The van der Waals surface area contributed by atoms with Crippen LogP contribution in [0.3, 0.4) is 0 Å². The first-order chi connectivity index (χ1) is 15.5. The Morgan fingerprint density at radius 1 is 1.16 bits per heavy atom. The zero-order chi connectivity index (χ0) is 22.3. The van der Waals surface area contributed by atoms with Crippen molar-refractivity contribution in [3.8, 4) is 16.3 Å². The molecule has 5 rings (SSSR count). The van der Waals surface area contributed by atoms with Gasteiger partial charge in [0.25, 0.3) is 5.56 Å². The van der Waals surface area contributed by atoms with E-state index >= 15 is 0 Å². The van der Waals surface area contributed by atoms with E-state index in [9.17, 15) is 9.59 Å². The smallest absolute Gasteiger partial charge is 0.267 e. The third kappa shape index (κ3) is 3.64. The monoisotopic (exact) mass is 449 g/mol. The Balaban J connectivity index is 1.33. The van der Waals surface area contributed by atoms with Crippen LogP contribution in [0.4, 0.5) is 0 Å². The van der Waals surface area contributed by atoms with Gasteiger partial charge in [-0.15, -0.1) is 11.3 Å². The van der Waals surface area contributed by atoms with Gasteiger partial charge in [0, 0.05) is 19.2 Å². The molecule has 3 heterocycles. The van der Waals surface area contributed by atoms with Crippen molar-refractivity contribution in [2.75, 3.05) is 20.2 Å². The largest absolute Gasteiger partial charge is 0.497 e. The maximum atomic E-state index is 13.5. The Morgan fingerprint density at radius 3 is 2.56 bits per heavy atom. The topological polar surface area (TPSA) is 64.4 Å². The van der Waals surface area contributed by atoms with E-state index in [-0.39, 0.29) is 23.4 Å². The second-order valence-electron chi connectivity index (χ2n) is 8.87. The van der Waals surface area contributed by atoms with Crippen molar-refractivity contribution >= 4 is 17.2 Å². The minimum absolute atomic E-state index is 0.0115. The third-order valence-corrected chi connectivity index (χ3v) is 7.75. The molecule has 2 aromatic heterocycles. The molecule has 6 nitrogen and oxygen atoms in total. The van der Waals surface area contributed by atoms with E-state index in [1.165, 1.54) is 0 Å². The van der Waals surface area contributed by atoms with Gasteiger partial charge in [-0.2, -0.15) is 5.10 Å². The van der Waals surface area contributed by atoms with Gasteiger partial charge < -0.3 is 9.64 Å². The van der Waals surface area contributed by atoms with Gasteiger partial charge in [-0.1, -0.05) is 25.1 Å². The van der Waals surface area contributed by atoms with E-state index in [0.717, 1.165) is 41.1 Å². The molecular formula is C25H27N3O3S. The predicted octanol–water partition coefficient (Wildman–Crippen LogP) is 4.12. The summed E-state index contributed by atoms with van der Waals surface area (Å²) in [6, 6.07) is 15.3. The summed E-state index contributed by atoms with van der Waals surface area (Å²) >= 11 is 1.61. The molecule has 0 radical (unpaired) electrons. The number of methoxy groups -OCH3 is 1. The molecule has 0 unspecified atom stereocenters. The van der Waals surface area contributed by atoms with Crippen LogP contribution < -0.4 is 10.3 Å². The van der Waals surface area contributed by atoms with Gasteiger partial charge in [-0.3, -0.25) is 9.59 Å². The molecule has 1 aromatic carbocycles. The predicted molar refractivity (Wildman–Crippen MR) is 125 cm³/mol. The number of hydrogen-bond donors (Lipinski definition) is 0. The van der Waals surface area contributed by atoms with Crippen molar-refractivity contribution in [1.29, 1.82) is 0 Å². The van der Waals surface area contributed by atoms with E-state index in [1.54, 1.807) is 35.3 Å². The molecule has 0 bridgehead atoms. The van der Waals surface area contributed by atoms with Crippen molar-refractivity contribution in [3.05, 3.63) is 69.8 Å². The lowest BCUT2D eigenvalue weighted by Crippen LogP contribution is -2.49. The highest BCUT2D eigenvalue weighted by Gasteiger charge is 2.53. The lowest BCUT2D eigenvalue weighted by atomic mass is 9.89. The fraction of sp³-hybridized carbons (Fsp3) is 0.400. The lowest BCUT2D eigenvalue weighted by molar-refractivity contribution is -0.136. The van der Waals surface area contributed by atoms with Crippen LogP contribution in [0.5, 0.6) is 5.75 Å². The number of piperidine rings is 1. The Bertz CT molecular complexity index is 1170. The molecule has 3 aromatic rings. The van der Waals surface area contributed by atoms with Gasteiger partial charge in [0.1, 0.15) is 11.4 Å². The van der Waals surface area contributed by atoms with Crippen LogP contribution in [0.1, 0.15) is 37.8 Å². The highest BCUT2D eigenvalue weighted by atomic mass is 32.1. The van der Waals surface area contributed by atoms with Crippen molar-refractivity contribution in [1.82, 2.24) is 14.7 Å². The Hall–Kier alpha value is -2.93. The number of likely N-dealkylation sites (tertiary alicyclic amines) is 1. The molecule has 1 saturated carbocycles. The average Bonchev–Trinajstić information content (AvgIpc) is 3.45. The number of nitrogens with zero attached hydrogens (tertiary/aromatic N) is 3. The van der Waals surface area contributed by atoms with E-state index in [4.69, 9.17) is 4.74 Å². The van der Waals surface area contributed by atoms with E-state index in [1.807, 2.05) is 46.7 Å². The molecule has 1 saturated heterocycles. The zero-order valence-electron chi connectivity index (χ0n) is 18.4. The molecule has 0 N–H and O–H groups in total. The maximum Gasteiger partial charge on any atom is 0.267 e. The zero-order valence-corrected chi connectivity index (χ0v) is 19.2. The summed E-state index contributed by atoms with van der Waals surface area (Å²) in [6.07, 6.45) is 2.50. The van der Waals surface area contributed by atoms with E-state index < -0.39 is 5.41 Å². The van der Waals surface area contributed by atoms with Gasteiger partial charge in [-0.05, 0) is 60.4 Å². The molecular weight excluding hydrogens is 422 g/mol. The number of carbonyl (C=O) groups excluding carboxylic acids is 1. The summed E-state index contributed by atoms with van der Waals surface area (Å²) < 4.78 is 6.90. The second kappa shape index (κ2) is 8.20. The SMILES string of the molecule is COc1ccc(C2(C(=O)N3CC[C@H](n4nc(-c5cccs5)ccc4=O)[C@H](C)C3)CC2)cc1. The van der Waals surface area contributed by atoms with Crippen molar-refractivity contribution in [2.45, 2.75) is 37.6 Å². The summed E-state index contributed by atoms with van der Waals surface area (Å²) in [7, 11) is 1.65. The van der Waals surface area contributed by atoms with Gasteiger partial charge in [0.2, 0.25) is 5.91 Å². The van der Waals surface area contributed by atoms with Crippen molar-refractivity contribution in [2.24, 2.45) is 5.92 Å². The summed E-state index contributed by atoms with van der Waals surface area (Å²) in [5.41, 5.74) is 1.41. The lowest BCUT2D eigenvalue weighted by Gasteiger charge is -2.39. The minimum atomic E-state index is -0.396. The Morgan fingerprint density at radius 2 is 1.94 bits per heavy atom. The highest BCUT2D eigenvalue weighted by molar-refractivity contribution is 7.13. The van der Waals surface area contributed by atoms with Crippen LogP contribution >= 0.6 is 11.3 Å². The van der Waals surface area contributed by atoms with E-state index in [0.29, 0.717) is 13.1 Å². The van der Waals surface area contributed by atoms with Gasteiger partial charge in [0.15, 0.2) is 0 Å². The summed E-state index contributed by atoms with van der Waals surface area (Å²) in [5.74, 6) is 1.15. The summed E-state index contributed by atoms with van der Waals surface area (Å²) in [4.78, 5) is 29.2. The molecule has 0 spiro atoms. The number of hydrogen-bond acceptors (Lipinski definition) is 5. The number of ether oxygens (including phenoxy) is 1. The van der Waals surface area contributed by atoms with Crippen LogP contribution in [0.25, 0.3) is 10.6 Å². The molecule has 32 heavy (non-hydrogen) atoms. The molecule has 7 heteroatoms. The molecule has 1 aliphatic heterocycles. The Kier molecular flexibility index (Phi) is 5.37. The van der Waals surface area contributed by atoms with Gasteiger partial charge >= 0.3 is 0 Å². The molecule has 2 aliphatic rings. The first-order valence-electron chi connectivity index (χ1n) is 11.1. The van der Waals surface area contributed by atoms with Crippen LogP contribution in [0.2, 0.25) is 0 Å². The fourth-order valence-corrected chi connectivity index (χ4v) is 5.55. The highest BCUT2D eigenvalue weighted by Crippen LogP contribution is 2.50. The average molecular weight is 450 g/mol. The van der Waals surface area contributed by atoms with E-state index in [2.05, 4.69) is 12.0 Å². The fourth-order valence-electron chi connectivity index (χ4n) is 4.86.